The van der Waals surface area contributed by atoms with Crippen molar-refractivity contribution in [3.63, 3.8) is 0 Å². The van der Waals surface area contributed by atoms with Crippen LogP contribution < -0.4 is 5.32 Å². The predicted octanol–water partition coefficient (Wildman–Crippen LogP) is 4.08. The van der Waals surface area contributed by atoms with Crippen molar-refractivity contribution in [2.45, 2.75) is 57.9 Å². The Morgan fingerprint density at radius 3 is 2.79 bits per heavy atom. The number of nitrogens with zero attached hydrogens (tertiary/aromatic N) is 2. The minimum absolute atomic E-state index is 0.101. The second-order valence-corrected chi connectivity index (χ2v) is 7.67. The molecule has 0 saturated carbocycles. The number of allylic oxidation sites excluding steroid dienone is 1. The van der Waals surface area contributed by atoms with Crippen LogP contribution in [0.15, 0.2) is 41.8 Å². The number of aryl methyl sites for hydroxylation is 1. The van der Waals surface area contributed by atoms with Crippen molar-refractivity contribution in [3.8, 4) is 5.69 Å². The standard InChI is InChI=1S/C22H26N4O2/c1-14-7-2-4-10-18(14)26-19-11-6-9-17(16(19)13-24-26)25-22(28)21(23)15-8-3-5-12-20(15)27/h2,4,7,10,13,17,23,27H,3,5-6,8-9,11-12H2,1H3,(H,25,28). The highest BCUT2D eigenvalue weighted by Gasteiger charge is 2.29. The highest BCUT2D eigenvalue weighted by Crippen LogP contribution is 2.32. The van der Waals surface area contributed by atoms with E-state index in [1.807, 2.05) is 23.0 Å². The van der Waals surface area contributed by atoms with Gasteiger partial charge in [0.15, 0.2) is 0 Å². The fourth-order valence-electron chi connectivity index (χ4n) is 4.24. The number of amides is 1. The first kappa shape index (κ1) is 18.5. The summed E-state index contributed by atoms with van der Waals surface area (Å²) in [5, 5.41) is 25.9. The molecule has 2 aromatic rings. The van der Waals surface area contributed by atoms with Gasteiger partial charge in [0.2, 0.25) is 0 Å². The number of carbonyl (C=O) groups is 1. The van der Waals surface area contributed by atoms with Crippen molar-refractivity contribution in [2.75, 3.05) is 0 Å². The first-order valence-corrected chi connectivity index (χ1v) is 10.00. The molecule has 0 spiro atoms. The van der Waals surface area contributed by atoms with Gasteiger partial charge in [0, 0.05) is 23.3 Å². The molecule has 1 atom stereocenters. The van der Waals surface area contributed by atoms with Crippen molar-refractivity contribution in [2.24, 2.45) is 0 Å². The molecule has 6 heteroatoms. The average molecular weight is 378 g/mol. The molecule has 1 aromatic heterocycles. The lowest BCUT2D eigenvalue weighted by Gasteiger charge is -2.25. The van der Waals surface area contributed by atoms with Crippen LogP contribution in [0.25, 0.3) is 5.69 Å². The van der Waals surface area contributed by atoms with E-state index in [1.165, 1.54) is 0 Å². The quantitative estimate of drug-likeness (QED) is 0.700. The Morgan fingerprint density at radius 1 is 1.21 bits per heavy atom. The zero-order valence-electron chi connectivity index (χ0n) is 16.2. The summed E-state index contributed by atoms with van der Waals surface area (Å²) in [6.45, 7) is 2.07. The maximum Gasteiger partial charge on any atom is 0.270 e. The van der Waals surface area contributed by atoms with E-state index in [0.29, 0.717) is 18.4 Å². The zero-order chi connectivity index (χ0) is 19.7. The van der Waals surface area contributed by atoms with Gasteiger partial charge in [-0.3, -0.25) is 10.2 Å². The summed E-state index contributed by atoms with van der Waals surface area (Å²) in [5.41, 5.74) is 4.75. The zero-order valence-corrected chi connectivity index (χ0v) is 16.2. The predicted molar refractivity (Wildman–Crippen MR) is 108 cm³/mol. The number of benzene rings is 1. The molecule has 6 nitrogen and oxygen atoms in total. The highest BCUT2D eigenvalue weighted by atomic mass is 16.3. The molecular formula is C22H26N4O2. The molecule has 0 bridgehead atoms. The minimum atomic E-state index is -0.412. The van der Waals surface area contributed by atoms with Gasteiger partial charge in [-0.05, 0) is 57.1 Å². The van der Waals surface area contributed by atoms with Gasteiger partial charge in [-0.15, -0.1) is 0 Å². The molecule has 146 valence electrons. The van der Waals surface area contributed by atoms with Gasteiger partial charge in [0.05, 0.1) is 23.7 Å². The molecule has 2 aliphatic carbocycles. The van der Waals surface area contributed by atoms with Crippen molar-refractivity contribution in [1.82, 2.24) is 15.1 Å². The Balaban J connectivity index is 1.57. The van der Waals surface area contributed by atoms with E-state index in [-0.39, 0.29) is 17.5 Å². The van der Waals surface area contributed by atoms with E-state index >= 15 is 0 Å². The lowest BCUT2D eigenvalue weighted by Crippen LogP contribution is -2.36. The molecule has 4 rings (SSSR count). The molecule has 3 N–H and O–H groups in total. The summed E-state index contributed by atoms with van der Waals surface area (Å²) >= 11 is 0. The van der Waals surface area contributed by atoms with Crippen LogP contribution in [0.3, 0.4) is 0 Å². The number of aliphatic hydroxyl groups excluding tert-OH is 1. The van der Waals surface area contributed by atoms with Gasteiger partial charge in [0.1, 0.15) is 5.71 Å². The molecule has 28 heavy (non-hydrogen) atoms. The second kappa shape index (κ2) is 7.62. The molecule has 1 unspecified atom stereocenters. The van der Waals surface area contributed by atoms with Crippen LogP contribution in [0, 0.1) is 12.3 Å². The Hall–Kier alpha value is -2.89. The lowest BCUT2D eigenvalue weighted by atomic mass is 9.91. The summed E-state index contributed by atoms with van der Waals surface area (Å²) < 4.78 is 1.98. The number of aromatic nitrogens is 2. The summed E-state index contributed by atoms with van der Waals surface area (Å²) in [4.78, 5) is 12.7. The van der Waals surface area contributed by atoms with E-state index in [4.69, 9.17) is 5.41 Å². The van der Waals surface area contributed by atoms with Crippen molar-refractivity contribution in [3.05, 3.63) is 58.6 Å². The average Bonchev–Trinajstić information content (AvgIpc) is 3.13. The molecule has 1 heterocycles. The van der Waals surface area contributed by atoms with Crippen LogP contribution >= 0.6 is 0 Å². The van der Waals surface area contributed by atoms with Gasteiger partial charge in [0.25, 0.3) is 5.91 Å². The third kappa shape index (κ3) is 3.35. The van der Waals surface area contributed by atoms with Crippen LogP contribution in [-0.2, 0) is 11.2 Å². The summed E-state index contributed by atoms with van der Waals surface area (Å²) in [6, 6.07) is 7.99. The second-order valence-electron chi connectivity index (χ2n) is 7.67. The third-order valence-electron chi connectivity index (χ3n) is 5.80. The van der Waals surface area contributed by atoms with Gasteiger partial charge in [-0.2, -0.15) is 5.10 Å². The fraction of sp³-hybridized carbons (Fsp3) is 0.409. The van der Waals surface area contributed by atoms with Crippen molar-refractivity contribution in [1.29, 1.82) is 5.41 Å². The SMILES string of the molecule is Cc1ccccc1-n1ncc2c1CCCC2NC(=O)C(=N)C1=C(O)CCCC1. The maximum absolute atomic E-state index is 12.7. The minimum Gasteiger partial charge on any atom is -0.512 e. The monoisotopic (exact) mass is 378 g/mol. The van der Waals surface area contributed by atoms with Crippen LogP contribution in [0.2, 0.25) is 0 Å². The van der Waals surface area contributed by atoms with E-state index < -0.39 is 5.91 Å². The first-order valence-electron chi connectivity index (χ1n) is 10.00. The number of hydrogen-bond donors (Lipinski definition) is 3. The van der Waals surface area contributed by atoms with Crippen LogP contribution in [0.4, 0.5) is 0 Å². The number of fused-ring (bicyclic) bond motifs is 1. The van der Waals surface area contributed by atoms with Crippen LogP contribution in [-0.4, -0.2) is 26.5 Å². The molecule has 1 aromatic carbocycles. The Bertz CT molecular complexity index is 957. The molecule has 0 radical (unpaired) electrons. The van der Waals surface area contributed by atoms with Crippen molar-refractivity contribution < 1.29 is 9.90 Å². The van der Waals surface area contributed by atoms with Gasteiger partial charge in [-0.25, -0.2) is 4.68 Å². The van der Waals surface area contributed by atoms with Crippen LogP contribution in [0.1, 0.15) is 61.4 Å². The Kier molecular flexibility index (Phi) is 5.03. The summed E-state index contributed by atoms with van der Waals surface area (Å²) in [5.74, 6) is -0.215. The Morgan fingerprint density at radius 2 is 2.00 bits per heavy atom. The van der Waals surface area contributed by atoms with E-state index in [9.17, 15) is 9.90 Å². The Labute approximate surface area is 164 Å². The normalized spacial score (nSPS) is 19.2. The molecule has 1 amide bonds. The number of hydrogen-bond acceptors (Lipinski definition) is 4. The fourth-order valence-corrected chi connectivity index (χ4v) is 4.24. The maximum atomic E-state index is 12.7. The van der Waals surface area contributed by atoms with Crippen molar-refractivity contribution >= 4 is 11.6 Å². The number of para-hydroxylation sites is 1. The van der Waals surface area contributed by atoms with E-state index in [0.717, 1.165) is 54.6 Å². The van der Waals surface area contributed by atoms with E-state index in [1.54, 1.807) is 0 Å². The molecule has 2 aliphatic rings. The van der Waals surface area contributed by atoms with Gasteiger partial charge in [-0.1, -0.05) is 18.2 Å². The molecule has 0 fully saturated rings. The lowest BCUT2D eigenvalue weighted by molar-refractivity contribution is -0.115. The molecular weight excluding hydrogens is 352 g/mol. The first-order chi connectivity index (χ1) is 13.6. The van der Waals surface area contributed by atoms with Crippen LogP contribution in [0.5, 0.6) is 0 Å². The highest BCUT2D eigenvalue weighted by molar-refractivity contribution is 6.44. The smallest absolute Gasteiger partial charge is 0.270 e. The number of aliphatic hydroxyl groups is 1. The number of rotatable bonds is 4. The van der Waals surface area contributed by atoms with Gasteiger partial charge < -0.3 is 10.4 Å². The molecule has 0 aliphatic heterocycles. The van der Waals surface area contributed by atoms with E-state index in [2.05, 4.69) is 29.5 Å². The summed E-state index contributed by atoms with van der Waals surface area (Å²) in [6.07, 6.45) is 7.51. The number of nitrogens with one attached hydrogen (secondary N) is 2. The molecule has 0 saturated heterocycles. The topological polar surface area (TPSA) is 91.0 Å². The third-order valence-corrected chi connectivity index (χ3v) is 5.80. The van der Waals surface area contributed by atoms with Gasteiger partial charge >= 0.3 is 0 Å². The number of carbonyl (C=O) groups excluding carboxylic acids is 1. The summed E-state index contributed by atoms with van der Waals surface area (Å²) in [7, 11) is 0. The largest absolute Gasteiger partial charge is 0.512 e.